The van der Waals surface area contributed by atoms with E-state index in [-0.39, 0.29) is 5.91 Å². The number of hydrogen-bond acceptors (Lipinski definition) is 5. The van der Waals surface area contributed by atoms with Crippen LogP contribution in [0.2, 0.25) is 5.02 Å². The maximum atomic E-state index is 12.8. The van der Waals surface area contributed by atoms with E-state index in [0.717, 1.165) is 28.3 Å². The molecule has 0 saturated heterocycles. The lowest BCUT2D eigenvalue weighted by molar-refractivity contribution is 0.0791. The quantitative estimate of drug-likeness (QED) is 0.236. The Morgan fingerprint density at radius 2 is 1.97 bits per heavy atom. The van der Waals surface area contributed by atoms with Gasteiger partial charge in [-0.1, -0.05) is 41.9 Å². The minimum atomic E-state index is 0.0205. The Bertz CT molecular complexity index is 1300. The number of benzene rings is 2. The van der Waals surface area contributed by atoms with Gasteiger partial charge < -0.3 is 10.2 Å². The van der Waals surface area contributed by atoms with Gasteiger partial charge in [-0.15, -0.1) is 11.8 Å². The van der Waals surface area contributed by atoms with E-state index in [1.807, 2.05) is 67.9 Å². The van der Waals surface area contributed by atoms with Crippen LogP contribution in [0.3, 0.4) is 0 Å². The zero-order chi connectivity index (χ0) is 23.4. The van der Waals surface area contributed by atoms with Crippen LogP contribution in [0.4, 0.5) is 5.82 Å². The van der Waals surface area contributed by atoms with Crippen LogP contribution >= 0.6 is 23.4 Å². The third-order valence-corrected chi connectivity index (χ3v) is 6.43. The Morgan fingerprint density at radius 3 is 2.76 bits per heavy atom. The summed E-state index contributed by atoms with van der Waals surface area (Å²) in [5.74, 6) is 0.778. The van der Waals surface area contributed by atoms with Gasteiger partial charge in [0.15, 0.2) is 5.65 Å². The van der Waals surface area contributed by atoms with Gasteiger partial charge in [-0.25, -0.2) is 4.98 Å². The molecule has 6 nitrogen and oxygen atoms in total. The van der Waals surface area contributed by atoms with Crippen LogP contribution in [0, 0.1) is 0 Å². The predicted octanol–water partition coefficient (Wildman–Crippen LogP) is 4.14. The van der Waals surface area contributed by atoms with Crippen molar-refractivity contribution >= 4 is 54.0 Å². The molecule has 0 aliphatic rings. The molecule has 2 aromatic heterocycles. The molecule has 0 aliphatic heterocycles. The third-order valence-electron chi connectivity index (χ3n) is 5.31. The van der Waals surface area contributed by atoms with Crippen molar-refractivity contribution in [2.75, 3.05) is 31.7 Å². The average Bonchev–Trinajstić information content (AvgIpc) is 3.22. The number of aromatic nitrogens is 3. The van der Waals surface area contributed by atoms with Crippen LogP contribution in [0.25, 0.3) is 16.9 Å². The van der Waals surface area contributed by atoms with Crippen LogP contribution in [-0.4, -0.2) is 59.6 Å². The highest BCUT2D eigenvalue weighted by Gasteiger charge is 2.15. The Morgan fingerprint density at radius 1 is 1.21 bits per heavy atom. The molecule has 166 valence electrons. The molecular formula is C24H23BClN5OS. The van der Waals surface area contributed by atoms with Crippen molar-refractivity contribution in [1.29, 1.82) is 0 Å². The summed E-state index contributed by atoms with van der Waals surface area (Å²) in [6.07, 6.45) is 4.32. The lowest BCUT2D eigenvalue weighted by Gasteiger charge is -2.19. The molecule has 2 aromatic carbocycles. The highest BCUT2D eigenvalue weighted by Crippen LogP contribution is 2.28. The molecule has 0 unspecified atom stereocenters. The van der Waals surface area contributed by atoms with E-state index >= 15 is 0 Å². The van der Waals surface area contributed by atoms with Gasteiger partial charge in [0.2, 0.25) is 0 Å². The van der Waals surface area contributed by atoms with Crippen LogP contribution in [0.5, 0.6) is 0 Å². The van der Waals surface area contributed by atoms with Crippen molar-refractivity contribution in [2.45, 2.75) is 11.3 Å². The summed E-state index contributed by atoms with van der Waals surface area (Å²) in [4.78, 5) is 20.2. The summed E-state index contributed by atoms with van der Waals surface area (Å²) in [6, 6.07) is 17.1. The monoisotopic (exact) mass is 475 g/mol. The molecule has 33 heavy (non-hydrogen) atoms. The van der Waals surface area contributed by atoms with E-state index in [9.17, 15) is 4.79 Å². The largest absolute Gasteiger partial charge is 0.370 e. The second-order valence-electron chi connectivity index (χ2n) is 7.55. The molecule has 0 fully saturated rings. The fraction of sp³-hybridized carbons (Fsp3) is 0.208. The van der Waals surface area contributed by atoms with E-state index in [1.54, 1.807) is 27.4 Å². The number of carbonyl (C=O) groups is 1. The summed E-state index contributed by atoms with van der Waals surface area (Å²) in [6.45, 7) is 1.25. The van der Waals surface area contributed by atoms with E-state index in [1.165, 1.54) is 0 Å². The molecule has 1 amide bonds. The first-order chi connectivity index (χ1) is 16.0. The number of halogens is 1. The van der Waals surface area contributed by atoms with Crippen LogP contribution in [0.1, 0.15) is 16.8 Å². The molecule has 0 bridgehead atoms. The molecule has 4 aromatic rings. The number of anilines is 1. The van der Waals surface area contributed by atoms with E-state index in [0.29, 0.717) is 34.9 Å². The summed E-state index contributed by atoms with van der Waals surface area (Å²) in [5, 5.41) is 8.36. The third kappa shape index (κ3) is 5.02. The van der Waals surface area contributed by atoms with Crippen LogP contribution < -0.4 is 10.8 Å². The van der Waals surface area contributed by atoms with Gasteiger partial charge in [0, 0.05) is 47.9 Å². The number of nitrogens with zero attached hydrogens (tertiary/aromatic N) is 4. The van der Waals surface area contributed by atoms with E-state index in [4.69, 9.17) is 19.4 Å². The number of carbonyl (C=O) groups excluding carboxylic acids is 1. The molecule has 0 aliphatic carbocycles. The number of rotatable bonds is 8. The number of fused-ring (bicyclic) bond motifs is 1. The molecule has 2 radical (unpaired) electrons. The van der Waals surface area contributed by atoms with Crippen LogP contribution in [-0.2, 0) is 0 Å². The van der Waals surface area contributed by atoms with Crippen molar-refractivity contribution in [3.63, 3.8) is 0 Å². The first-order valence-electron chi connectivity index (χ1n) is 10.5. The maximum Gasteiger partial charge on any atom is 0.254 e. The van der Waals surface area contributed by atoms with Gasteiger partial charge in [-0.05, 0) is 36.3 Å². The standard InChI is InChI=1S/C24H23BClN5OS/c1-30(24(32)17-9-4-6-11-21(17)33-2)13-7-12-27-22-14-20(16-8-3-5-10-19(16)26)29-23-18(25)15-28-31(22)23/h3-6,8-11,14-15,27H,7,12-13H2,1-2H3. The summed E-state index contributed by atoms with van der Waals surface area (Å²) in [7, 11) is 7.91. The first-order valence-corrected chi connectivity index (χ1v) is 12.1. The van der Waals surface area contributed by atoms with Gasteiger partial charge in [-0.2, -0.15) is 9.61 Å². The van der Waals surface area contributed by atoms with Gasteiger partial charge in [-0.3, -0.25) is 4.79 Å². The zero-order valence-corrected chi connectivity index (χ0v) is 20.0. The second kappa shape index (κ2) is 10.3. The number of nitrogens with one attached hydrogen (secondary N) is 1. The summed E-state index contributed by atoms with van der Waals surface area (Å²) < 4.78 is 1.68. The number of hydrogen-bond donors (Lipinski definition) is 1. The van der Waals surface area contributed by atoms with Gasteiger partial charge in [0.1, 0.15) is 13.7 Å². The summed E-state index contributed by atoms with van der Waals surface area (Å²) >= 11 is 7.96. The smallest absolute Gasteiger partial charge is 0.254 e. The fourth-order valence-electron chi connectivity index (χ4n) is 3.57. The Labute approximate surface area is 203 Å². The molecule has 4 rings (SSSR count). The maximum absolute atomic E-state index is 12.8. The van der Waals surface area contributed by atoms with E-state index in [2.05, 4.69) is 15.4 Å². The minimum absolute atomic E-state index is 0.0205. The number of thioether (sulfide) groups is 1. The SMILES string of the molecule is [B]c1cnn2c(NCCCN(C)C(=O)c3ccccc3SC)cc(-c3ccccc3Cl)nc12. The second-order valence-corrected chi connectivity index (χ2v) is 8.80. The molecule has 1 N–H and O–H groups in total. The van der Waals surface area contributed by atoms with E-state index < -0.39 is 0 Å². The first kappa shape index (κ1) is 23.2. The Balaban J connectivity index is 1.46. The van der Waals surface area contributed by atoms with Crippen molar-refractivity contribution in [1.82, 2.24) is 19.5 Å². The predicted molar refractivity (Wildman–Crippen MR) is 137 cm³/mol. The van der Waals surface area contributed by atoms with Crippen LogP contribution in [0.15, 0.2) is 65.7 Å². The molecule has 2 heterocycles. The van der Waals surface area contributed by atoms with Crippen molar-refractivity contribution in [3.05, 3.63) is 71.4 Å². The molecule has 0 spiro atoms. The molecule has 9 heteroatoms. The minimum Gasteiger partial charge on any atom is -0.370 e. The zero-order valence-electron chi connectivity index (χ0n) is 18.5. The van der Waals surface area contributed by atoms with Crippen molar-refractivity contribution in [3.8, 4) is 11.3 Å². The Hall–Kier alpha value is -2.97. The molecular weight excluding hydrogens is 453 g/mol. The van der Waals surface area contributed by atoms with Crippen molar-refractivity contribution in [2.24, 2.45) is 0 Å². The molecule has 0 saturated carbocycles. The highest BCUT2D eigenvalue weighted by molar-refractivity contribution is 7.98. The fourth-order valence-corrected chi connectivity index (χ4v) is 4.40. The van der Waals surface area contributed by atoms with Gasteiger partial charge in [0.05, 0.1) is 11.3 Å². The molecule has 0 atom stereocenters. The highest BCUT2D eigenvalue weighted by atomic mass is 35.5. The summed E-state index contributed by atoms with van der Waals surface area (Å²) in [5.41, 5.74) is 3.32. The van der Waals surface area contributed by atoms with Gasteiger partial charge in [0.25, 0.3) is 5.91 Å². The number of amides is 1. The van der Waals surface area contributed by atoms with Crippen molar-refractivity contribution < 1.29 is 4.79 Å². The lowest BCUT2D eigenvalue weighted by atomic mass is 10.0. The Kier molecular flexibility index (Phi) is 7.25. The normalized spacial score (nSPS) is 11.0. The van der Waals surface area contributed by atoms with Gasteiger partial charge >= 0.3 is 0 Å². The average molecular weight is 476 g/mol. The topological polar surface area (TPSA) is 62.5 Å². The lowest BCUT2D eigenvalue weighted by Crippen LogP contribution is -2.29.